The lowest BCUT2D eigenvalue weighted by molar-refractivity contribution is -0.138. The summed E-state index contributed by atoms with van der Waals surface area (Å²) in [6.07, 6.45) is -4.84. The number of aromatic amines is 1. The first-order valence-corrected chi connectivity index (χ1v) is 10.3. The summed E-state index contributed by atoms with van der Waals surface area (Å²) in [6, 6.07) is 11.2. The summed E-state index contributed by atoms with van der Waals surface area (Å²) < 4.78 is 47.7. The first-order valence-electron chi connectivity index (χ1n) is 9.90. The maximum absolute atomic E-state index is 13.5. The van der Waals surface area contributed by atoms with Gasteiger partial charge in [0.05, 0.1) is 11.7 Å². The number of ether oxygens (including phenoxy) is 1. The molecule has 1 aromatic heterocycles. The second kappa shape index (κ2) is 9.56. The van der Waals surface area contributed by atoms with Gasteiger partial charge in [0.2, 0.25) is 5.91 Å². The Balaban J connectivity index is 1.75. The van der Waals surface area contributed by atoms with Crippen LogP contribution in [-0.2, 0) is 24.1 Å². The van der Waals surface area contributed by atoms with Crippen LogP contribution >= 0.6 is 12.2 Å². The van der Waals surface area contributed by atoms with Gasteiger partial charge in [-0.1, -0.05) is 35.9 Å². The van der Waals surface area contributed by atoms with Crippen molar-refractivity contribution in [2.45, 2.75) is 46.1 Å². The van der Waals surface area contributed by atoms with Crippen molar-refractivity contribution in [2.75, 3.05) is 0 Å². The van der Waals surface area contributed by atoms with Crippen molar-refractivity contribution in [1.29, 1.82) is 0 Å². The van der Waals surface area contributed by atoms with Gasteiger partial charge in [0.1, 0.15) is 12.3 Å². The molecule has 0 radical (unpaired) electrons. The summed E-state index contributed by atoms with van der Waals surface area (Å²) >= 11 is 5.22. The van der Waals surface area contributed by atoms with Crippen molar-refractivity contribution in [3.63, 3.8) is 0 Å². The molecule has 3 aromatic rings. The minimum Gasteiger partial charge on any atom is -0.491 e. The zero-order valence-electron chi connectivity index (χ0n) is 17.8. The van der Waals surface area contributed by atoms with E-state index < -0.39 is 17.6 Å². The van der Waals surface area contributed by atoms with Crippen LogP contribution in [0.15, 0.2) is 42.5 Å². The SMILES string of the molecule is Cc1ccc(-c2n[nH]c(=S)n2CC(=O)NCc2ccc(OC(C)C)cc2C(F)(F)F)cc1. The van der Waals surface area contributed by atoms with E-state index >= 15 is 0 Å². The monoisotopic (exact) mass is 464 g/mol. The van der Waals surface area contributed by atoms with E-state index in [4.69, 9.17) is 17.0 Å². The van der Waals surface area contributed by atoms with Gasteiger partial charge in [0.15, 0.2) is 10.6 Å². The van der Waals surface area contributed by atoms with Gasteiger partial charge in [-0.3, -0.25) is 14.5 Å². The van der Waals surface area contributed by atoms with Crippen molar-refractivity contribution < 1.29 is 22.7 Å². The van der Waals surface area contributed by atoms with Gasteiger partial charge < -0.3 is 10.1 Å². The minimum absolute atomic E-state index is 0.0588. The number of nitrogens with one attached hydrogen (secondary N) is 2. The van der Waals surface area contributed by atoms with Crippen LogP contribution in [0.2, 0.25) is 0 Å². The molecule has 32 heavy (non-hydrogen) atoms. The predicted molar refractivity (Wildman–Crippen MR) is 117 cm³/mol. The lowest BCUT2D eigenvalue weighted by Gasteiger charge is -2.17. The molecule has 3 rings (SSSR count). The number of halogens is 3. The summed E-state index contributed by atoms with van der Waals surface area (Å²) in [6.45, 7) is 4.93. The molecule has 6 nitrogen and oxygen atoms in total. The van der Waals surface area contributed by atoms with Crippen LogP contribution < -0.4 is 10.1 Å². The van der Waals surface area contributed by atoms with Crippen molar-refractivity contribution in [3.05, 3.63) is 63.9 Å². The highest BCUT2D eigenvalue weighted by atomic mass is 32.1. The largest absolute Gasteiger partial charge is 0.491 e. The minimum atomic E-state index is -4.58. The average Bonchev–Trinajstić information content (AvgIpc) is 3.06. The molecule has 0 atom stereocenters. The van der Waals surface area contributed by atoms with Crippen molar-refractivity contribution in [3.8, 4) is 17.1 Å². The quantitative estimate of drug-likeness (QED) is 0.481. The maximum Gasteiger partial charge on any atom is 0.416 e. The molecular weight excluding hydrogens is 441 g/mol. The van der Waals surface area contributed by atoms with Crippen LogP contribution in [-0.4, -0.2) is 26.8 Å². The number of H-pyrrole nitrogens is 1. The molecule has 0 aliphatic carbocycles. The lowest BCUT2D eigenvalue weighted by Crippen LogP contribution is -2.28. The fourth-order valence-electron chi connectivity index (χ4n) is 3.10. The fraction of sp³-hybridized carbons (Fsp3) is 0.318. The molecule has 0 saturated heterocycles. The predicted octanol–water partition coefficient (Wildman–Crippen LogP) is 5.04. The standard InChI is InChI=1S/C22H23F3N4O2S/c1-13(2)31-17-9-8-16(18(10-17)22(23,24)25)11-26-19(30)12-29-20(27-28-21(29)32)15-6-4-14(3)5-7-15/h4-10,13H,11-12H2,1-3H3,(H,26,30)(H,28,32). The van der Waals surface area contributed by atoms with Crippen molar-refractivity contribution in [1.82, 2.24) is 20.1 Å². The smallest absolute Gasteiger partial charge is 0.416 e. The first-order chi connectivity index (χ1) is 15.0. The molecule has 2 aromatic carbocycles. The number of hydrogen-bond acceptors (Lipinski definition) is 4. The molecule has 0 fully saturated rings. The summed E-state index contributed by atoms with van der Waals surface area (Å²) in [5, 5.41) is 9.36. The average molecular weight is 465 g/mol. The van der Waals surface area contributed by atoms with E-state index in [1.54, 1.807) is 13.8 Å². The van der Waals surface area contributed by atoms with Gasteiger partial charge in [0.25, 0.3) is 0 Å². The third-order valence-corrected chi connectivity index (χ3v) is 4.92. The zero-order chi connectivity index (χ0) is 23.5. The molecule has 0 aliphatic rings. The Morgan fingerprint density at radius 3 is 2.53 bits per heavy atom. The summed E-state index contributed by atoms with van der Waals surface area (Å²) in [5.74, 6) is 0.0950. The number of aromatic nitrogens is 3. The molecule has 0 bridgehead atoms. The Morgan fingerprint density at radius 1 is 1.22 bits per heavy atom. The van der Waals surface area contributed by atoms with Crippen molar-refractivity contribution in [2.24, 2.45) is 0 Å². The van der Waals surface area contributed by atoms with Crippen LogP contribution in [0.25, 0.3) is 11.4 Å². The summed E-state index contributed by atoms with van der Waals surface area (Å²) in [7, 11) is 0. The van der Waals surface area contributed by atoms with E-state index in [1.807, 2.05) is 31.2 Å². The molecule has 0 unspecified atom stereocenters. The number of carbonyl (C=O) groups is 1. The number of aryl methyl sites for hydroxylation is 1. The molecule has 0 spiro atoms. The first kappa shape index (κ1) is 23.5. The summed E-state index contributed by atoms with van der Waals surface area (Å²) in [5.41, 5.74) is 0.918. The van der Waals surface area contributed by atoms with Crippen LogP contribution in [0, 0.1) is 11.7 Å². The molecule has 2 N–H and O–H groups in total. The van der Waals surface area contributed by atoms with Gasteiger partial charge in [0, 0.05) is 12.1 Å². The molecule has 0 saturated carbocycles. The van der Waals surface area contributed by atoms with Crippen LogP contribution in [0.3, 0.4) is 0 Å². The molecular formula is C22H23F3N4O2S. The summed E-state index contributed by atoms with van der Waals surface area (Å²) in [4.78, 5) is 12.5. The van der Waals surface area contributed by atoms with E-state index in [0.29, 0.717) is 5.82 Å². The third-order valence-electron chi connectivity index (χ3n) is 4.60. The third kappa shape index (κ3) is 5.76. The number of hydrogen-bond donors (Lipinski definition) is 2. The van der Waals surface area contributed by atoms with Gasteiger partial charge >= 0.3 is 6.18 Å². The molecule has 1 heterocycles. The number of carbonyl (C=O) groups excluding carboxylic acids is 1. The van der Waals surface area contributed by atoms with Gasteiger partial charge in [-0.05, 0) is 50.7 Å². The molecule has 10 heteroatoms. The van der Waals surface area contributed by atoms with Gasteiger partial charge in [-0.25, -0.2) is 0 Å². The highest BCUT2D eigenvalue weighted by Crippen LogP contribution is 2.34. The van der Waals surface area contributed by atoms with Crippen LogP contribution in [0.1, 0.15) is 30.5 Å². The molecule has 1 amide bonds. The zero-order valence-corrected chi connectivity index (χ0v) is 18.6. The lowest BCUT2D eigenvalue weighted by atomic mass is 10.1. The number of amides is 1. The molecule has 170 valence electrons. The van der Waals surface area contributed by atoms with Gasteiger partial charge in [-0.2, -0.15) is 18.3 Å². The van der Waals surface area contributed by atoms with Crippen molar-refractivity contribution >= 4 is 18.1 Å². The fourth-order valence-corrected chi connectivity index (χ4v) is 3.30. The van der Waals surface area contributed by atoms with E-state index in [1.165, 1.54) is 16.7 Å². The Morgan fingerprint density at radius 2 is 1.91 bits per heavy atom. The van der Waals surface area contributed by atoms with E-state index in [0.717, 1.165) is 17.2 Å². The van der Waals surface area contributed by atoms with Crippen LogP contribution in [0.5, 0.6) is 5.75 Å². The number of benzene rings is 2. The Bertz CT molecular complexity index is 1150. The van der Waals surface area contributed by atoms with E-state index in [2.05, 4.69) is 15.5 Å². The maximum atomic E-state index is 13.5. The Labute approximate surface area is 188 Å². The van der Waals surface area contributed by atoms with E-state index in [9.17, 15) is 18.0 Å². The van der Waals surface area contributed by atoms with E-state index in [-0.39, 0.29) is 35.3 Å². The molecule has 0 aliphatic heterocycles. The second-order valence-corrected chi connectivity index (χ2v) is 7.95. The normalized spacial score (nSPS) is 11.6. The van der Waals surface area contributed by atoms with Gasteiger partial charge in [-0.15, -0.1) is 0 Å². The highest BCUT2D eigenvalue weighted by Gasteiger charge is 2.34. The Kier molecular flexibility index (Phi) is 7.02. The number of alkyl halides is 3. The number of nitrogens with zero attached hydrogens (tertiary/aromatic N) is 2. The second-order valence-electron chi connectivity index (χ2n) is 7.56. The highest BCUT2D eigenvalue weighted by molar-refractivity contribution is 7.71. The topological polar surface area (TPSA) is 71.9 Å². The Hall–Kier alpha value is -3.14. The van der Waals surface area contributed by atoms with Crippen LogP contribution in [0.4, 0.5) is 13.2 Å². The number of rotatable bonds is 7.